The Balaban J connectivity index is 1.77. The largest absolute Gasteiger partial charge is 0.495 e. The number of nitrogens with zero attached hydrogens (tertiary/aromatic N) is 1. The zero-order chi connectivity index (χ0) is 16.4. The molecule has 2 amide bonds. The molecule has 1 heterocycles. The first-order valence-corrected chi connectivity index (χ1v) is 8.51. The molecule has 118 valence electrons. The molecule has 0 saturated carbocycles. The van der Waals surface area contributed by atoms with Crippen LogP contribution in [-0.2, 0) is 0 Å². The second kappa shape index (κ2) is 6.74. The monoisotopic (exact) mass is 411 g/mol. The van der Waals surface area contributed by atoms with Crippen molar-refractivity contribution in [2.24, 2.45) is 0 Å². The van der Waals surface area contributed by atoms with Crippen LogP contribution in [0, 0.1) is 0 Å². The molecule has 0 atom stereocenters. The van der Waals surface area contributed by atoms with Gasteiger partial charge in [0.05, 0.1) is 23.0 Å². The molecule has 0 radical (unpaired) electrons. The maximum atomic E-state index is 12.1. The van der Waals surface area contributed by atoms with E-state index < -0.39 is 6.03 Å². The van der Waals surface area contributed by atoms with Crippen LogP contribution in [0.2, 0.25) is 5.02 Å². The predicted octanol–water partition coefficient (Wildman–Crippen LogP) is 5.36. The van der Waals surface area contributed by atoms with Gasteiger partial charge in [0.2, 0.25) is 0 Å². The highest BCUT2D eigenvalue weighted by molar-refractivity contribution is 9.10. The Morgan fingerprint density at radius 2 is 2.09 bits per heavy atom. The van der Waals surface area contributed by atoms with Crippen molar-refractivity contribution in [2.75, 3.05) is 17.7 Å². The second-order valence-electron chi connectivity index (χ2n) is 4.55. The first kappa shape index (κ1) is 16.0. The lowest BCUT2D eigenvalue weighted by Gasteiger charge is -2.10. The van der Waals surface area contributed by atoms with Crippen molar-refractivity contribution < 1.29 is 9.53 Å². The van der Waals surface area contributed by atoms with Crippen molar-refractivity contribution in [3.05, 3.63) is 45.9 Å². The van der Waals surface area contributed by atoms with Gasteiger partial charge in [-0.3, -0.25) is 5.32 Å². The minimum atomic E-state index is -0.413. The first-order chi connectivity index (χ1) is 11.0. The molecule has 0 aliphatic heterocycles. The van der Waals surface area contributed by atoms with Crippen LogP contribution in [-0.4, -0.2) is 18.1 Å². The Labute approximate surface area is 149 Å². The van der Waals surface area contributed by atoms with Gasteiger partial charge in [-0.2, -0.15) is 0 Å². The lowest BCUT2D eigenvalue weighted by molar-refractivity contribution is 0.262. The number of amides is 2. The standard InChI is InChI=1S/C15H11BrClN3O2S/c1-22-12-5-3-9(17)7-11(12)18-14(21)20-15-19-10-4-2-8(16)6-13(10)23-15/h2-7H,1H3,(H2,18,19,20,21). The molecule has 3 aromatic rings. The molecule has 8 heteroatoms. The van der Waals surface area contributed by atoms with E-state index >= 15 is 0 Å². The lowest BCUT2D eigenvalue weighted by atomic mass is 10.3. The molecular weight excluding hydrogens is 402 g/mol. The van der Waals surface area contributed by atoms with Gasteiger partial charge in [-0.1, -0.05) is 38.9 Å². The van der Waals surface area contributed by atoms with Crippen molar-refractivity contribution in [1.29, 1.82) is 0 Å². The SMILES string of the molecule is COc1ccc(Cl)cc1NC(=O)Nc1nc2ccc(Br)cc2s1. The fraction of sp³-hybridized carbons (Fsp3) is 0.0667. The van der Waals surface area contributed by atoms with Gasteiger partial charge in [-0.15, -0.1) is 0 Å². The van der Waals surface area contributed by atoms with Gasteiger partial charge in [0.1, 0.15) is 5.75 Å². The fourth-order valence-corrected chi connectivity index (χ4v) is 3.57. The zero-order valence-corrected chi connectivity index (χ0v) is 15.1. The van der Waals surface area contributed by atoms with Gasteiger partial charge in [-0.05, 0) is 36.4 Å². The molecule has 2 aromatic carbocycles. The number of ether oxygens (including phenoxy) is 1. The summed E-state index contributed by atoms with van der Waals surface area (Å²) in [5.74, 6) is 0.526. The van der Waals surface area contributed by atoms with E-state index in [1.165, 1.54) is 18.4 Å². The van der Waals surface area contributed by atoms with E-state index in [1.807, 2.05) is 18.2 Å². The van der Waals surface area contributed by atoms with E-state index in [0.29, 0.717) is 21.6 Å². The Kier molecular flexibility index (Phi) is 4.70. The molecule has 5 nitrogen and oxygen atoms in total. The number of rotatable bonds is 3. The number of hydrogen-bond acceptors (Lipinski definition) is 4. The number of aromatic nitrogens is 1. The Hall–Kier alpha value is -1.83. The maximum absolute atomic E-state index is 12.1. The molecule has 2 N–H and O–H groups in total. The van der Waals surface area contributed by atoms with Crippen LogP contribution in [0.1, 0.15) is 0 Å². The van der Waals surface area contributed by atoms with Crippen molar-refractivity contribution in [3.8, 4) is 5.75 Å². The molecule has 0 aliphatic rings. The van der Waals surface area contributed by atoms with Gasteiger partial charge < -0.3 is 10.1 Å². The summed E-state index contributed by atoms with van der Waals surface area (Å²) < 4.78 is 7.14. The van der Waals surface area contributed by atoms with Crippen LogP contribution in [0.25, 0.3) is 10.2 Å². The van der Waals surface area contributed by atoms with Gasteiger partial charge >= 0.3 is 6.03 Å². The highest BCUT2D eigenvalue weighted by Gasteiger charge is 2.11. The van der Waals surface area contributed by atoms with Gasteiger partial charge in [0.15, 0.2) is 5.13 Å². The predicted molar refractivity (Wildman–Crippen MR) is 98.0 cm³/mol. The summed E-state index contributed by atoms with van der Waals surface area (Å²) in [6.45, 7) is 0. The van der Waals surface area contributed by atoms with E-state index in [0.717, 1.165) is 14.7 Å². The van der Waals surface area contributed by atoms with E-state index in [2.05, 4.69) is 31.5 Å². The molecule has 0 bridgehead atoms. The minimum absolute atomic E-state index is 0.413. The van der Waals surface area contributed by atoms with E-state index in [4.69, 9.17) is 16.3 Å². The molecule has 0 spiro atoms. The second-order valence-corrected chi connectivity index (χ2v) is 6.94. The molecule has 0 fully saturated rings. The van der Waals surface area contributed by atoms with E-state index in [1.54, 1.807) is 18.2 Å². The number of nitrogens with one attached hydrogen (secondary N) is 2. The van der Waals surface area contributed by atoms with Crippen LogP contribution in [0.5, 0.6) is 5.75 Å². The maximum Gasteiger partial charge on any atom is 0.325 e. The van der Waals surface area contributed by atoms with Crippen LogP contribution in [0.15, 0.2) is 40.9 Å². The van der Waals surface area contributed by atoms with E-state index in [-0.39, 0.29) is 0 Å². The van der Waals surface area contributed by atoms with Gasteiger partial charge in [-0.25, -0.2) is 9.78 Å². The van der Waals surface area contributed by atoms with Gasteiger partial charge in [0.25, 0.3) is 0 Å². The third-order valence-electron chi connectivity index (χ3n) is 2.98. The van der Waals surface area contributed by atoms with Crippen LogP contribution >= 0.6 is 38.9 Å². The average molecular weight is 413 g/mol. The number of urea groups is 1. The number of hydrogen-bond donors (Lipinski definition) is 2. The highest BCUT2D eigenvalue weighted by atomic mass is 79.9. The van der Waals surface area contributed by atoms with Crippen LogP contribution < -0.4 is 15.4 Å². The van der Waals surface area contributed by atoms with Crippen LogP contribution in [0.4, 0.5) is 15.6 Å². The third kappa shape index (κ3) is 3.74. The minimum Gasteiger partial charge on any atom is -0.495 e. The summed E-state index contributed by atoms with van der Waals surface area (Å²) in [6.07, 6.45) is 0. The summed E-state index contributed by atoms with van der Waals surface area (Å²) in [5, 5.41) is 6.43. The van der Waals surface area contributed by atoms with Crippen LogP contribution in [0.3, 0.4) is 0 Å². The highest BCUT2D eigenvalue weighted by Crippen LogP contribution is 2.30. The van der Waals surface area contributed by atoms with Crippen molar-refractivity contribution in [1.82, 2.24) is 4.98 Å². The molecule has 1 aromatic heterocycles. The number of thiazole rings is 1. The summed E-state index contributed by atoms with van der Waals surface area (Å²) >= 11 is 10.7. The molecular formula is C15H11BrClN3O2S. The first-order valence-electron chi connectivity index (χ1n) is 6.53. The van der Waals surface area contributed by atoms with Crippen molar-refractivity contribution >= 4 is 65.9 Å². The topological polar surface area (TPSA) is 63.2 Å². The molecule has 0 aliphatic carbocycles. The number of methoxy groups -OCH3 is 1. The molecule has 0 saturated heterocycles. The Morgan fingerprint density at radius 1 is 1.26 bits per heavy atom. The number of benzene rings is 2. The third-order valence-corrected chi connectivity index (χ3v) is 4.64. The molecule has 3 rings (SSSR count). The van der Waals surface area contributed by atoms with E-state index in [9.17, 15) is 4.79 Å². The summed E-state index contributed by atoms with van der Waals surface area (Å²) in [7, 11) is 1.53. The lowest BCUT2D eigenvalue weighted by Crippen LogP contribution is -2.19. The fourth-order valence-electron chi connectivity index (χ4n) is 1.98. The number of halogens is 2. The number of carbonyl (C=O) groups is 1. The Bertz CT molecular complexity index is 884. The quantitative estimate of drug-likeness (QED) is 0.608. The average Bonchev–Trinajstić information content (AvgIpc) is 2.88. The number of anilines is 2. The van der Waals surface area contributed by atoms with Crippen molar-refractivity contribution in [3.63, 3.8) is 0 Å². The number of carbonyl (C=O) groups excluding carboxylic acids is 1. The number of fused-ring (bicyclic) bond motifs is 1. The normalized spacial score (nSPS) is 10.6. The zero-order valence-electron chi connectivity index (χ0n) is 11.9. The van der Waals surface area contributed by atoms with Crippen molar-refractivity contribution in [2.45, 2.75) is 0 Å². The molecule has 23 heavy (non-hydrogen) atoms. The summed E-state index contributed by atoms with van der Waals surface area (Å²) in [5.41, 5.74) is 1.31. The smallest absolute Gasteiger partial charge is 0.325 e. The summed E-state index contributed by atoms with van der Waals surface area (Å²) in [6, 6.07) is 10.3. The Morgan fingerprint density at radius 3 is 2.87 bits per heavy atom. The van der Waals surface area contributed by atoms with Gasteiger partial charge in [0, 0.05) is 9.50 Å². The summed E-state index contributed by atoms with van der Waals surface area (Å²) in [4.78, 5) is 16.5. The molecule has 0 unspecified atom stereocenters.